The Morgan fingerprint density at radius 2 is 2.09 bits per heavy atom. The van der Waals surface area contributed by atoms with Gasteiger partial charge >= 0.3 is 0 Å². The van der Waals surface area contributed by atoms with E-state index in [9.17, 15) is 9.50 Å². The van der Waals surface area contributed by atoms with Crippen molar-refractivity contribution in [3.05, 3.63) is 41.3 Å². The number of halogens is 1. The van der Waals surface area contributed by atoms with Crippen molar-refractivity contribution in [3.8, 4) is 0 Å². The van der Waals surface area contributed by atoms with Crippen LogP contribution in [0.5, 0.6) is 0 Å². The number of nitrogens with zero attached hydrogens (tertiary/aromatic N) is 2. The quantitative estimate of drug-likeness (QED) is 0.762. The van der Waals surface area contributed by atoms with Crippen LogP contribution in [0.2, 0.25) is 0 Å². The predicted molar refractivity (Wildman–Crippen MR) is 88.6 cm³/mol. The first-order valence-electron chi connectivity index (χ1n) is 7.84. The Morgan fingerprint density at radius 1 is 1.30 bits per heavy atom. The van der Waals surface area contributed by atoms with E-state index in [1.54, 1.807) is 13.0 Å². The number of hydrogen-bond donors (Lipinski definition) is 3. The predicted octanol–water partition coefficient (Wildman–Crippen LogP) is 3.34. The highest BCUT2D eigenvalue weighted by molar-refractivity contribution is 5.58. The van der Waals surface area contributed by atoms with Crippen molar-refractivity contribution < 1.29 is 9.50 Å². The van der Waals surface area contributed by atoms with Crippen molar-refractivity contribution in [2.45, 2.75) is 38.6 Å². The first kappa shape index (κ1) is 15.7. The van der Waals surface area contributed by atoms with Crippen LogP contribution >= 0.6 is 0 Å². The van der Waals surface area contributed by atoms with Crippen LogP contribution in [0, 0.1) is 12.7 Å². The van der Waals surface area contributed by atoms with Gasteiger partial charge in [0.15, 0.2) is 0 Å². The summed E-state index contributed by atoms with van der Waals surface area (Å²) in [6.45, 7) is 3.59. The molecule has 1 atom stereocenters. The van der Waals surface area contributed by atoms with Gasteiger partial charge < -0.3 is 15.7 Å². The van der Waals surface area contributed by atoms with E-state index < -0.39 is 0 Å². The average molecular weight is 316 g/mol. The number of aryl methyl sites for hydroxylation is 1. The monoisotopic (exact) mass is 316 g/mol. The highest BCUT2D eigenvalue weighted by atomic mass is 19.1. The summed E-state index contributed by atoms with van der Waals surface area (Å²) in [5, 5.41) is 15.4. The normalized spacial score (nSPS) is 15.3. The van der Waals surface area contributed by atoms with E-state index in [2.05, 4.69) is 20.6 Å². The van der Waals surface area contributed by atoms with E-state index in [1.165, 1.54) is 6.07 Å². The number of hydrogen-bond acceptors (Lipinski definition) is 5. The van der Waals surface area contributed by atoms with E-state index >= 15 is 0 Å². The lowest BCUT2D eigenvalue weighted by atomic mass is 10.2. The zero-order valence-corrected chi connectivity index (χ0v) is 13.3. The van der Waals surface area contributed by atoms with Crippen LogP contribution < -0.4 is 10.6 Å². The second kappa shape index (κ2) is 6.50. The fraction of sp³-hybridized carbons (Fsp3) is 0.412. The molecular weight excluding hydrogens is 295 g/mol. The molecule has 3 rings (SSSR count). The number of nitrogens with one attached hydrogen (secondary N) is 2. The molecule has 1 aliphatic rings. The largest absolute Gasteiger partial charge is 0.394 e. The molecule has 0 saturated heterocycles. The fourth-order valence-corrected chi connectivity index (χ4v) is 2.27. The minimum absolute atomic E-state index is 0.00293. The molecular formula is C17H21FN4O. The van der Waals surface area contributed by atoms with E-state index in [-0.39, 0.29) is 18.5 Å². The van der Waals surface area contributed by atoms with E-state index in [4.69, 9.17) is 0 Å². The van der Waals surface area contributed by atoms with Gasteiger partial charge in [-0.1, -0.05) is 6.07 Å². The van der Waals surface area contributed by atoms with Crippen molar-refractivity contribution in [1.82, 2.24) is 9.97 Å². The molecule has 2 aromatic rings. The van der Waals surface area contributed by atoms with Crippen molar-refractivity contribution in [2.24, 2.45) is 0 Å². The molecule has 1 fully saturated rings. The summed E-state index contributed by atoms with van der Waals surface area (Å²) in [6.07, 6.45) is 2.26. The summed E-state index contributed by atoms with van der Waals surface area (Å²) in [4.78, 5) is 8.92. The van der Waals surface area contributed by atoms with Gasteiger partial charge in [-0.2, -0.15) is 4.98 Å². The van der Waals surface area contributed by atoms with Crippen LogP contribution in [0.15, 0.2) is 24.3 Å². The molecule has 1 aromatic carbocycles. The summed E-state index contributed by atoms with van der Waals surface area (Å²) >= 11 is 0. The maximum atomic E-state index is 13.7. The average Bonchev–Trinajstić information content (AvgIpc) is 3.35. The van der Waals surface area contributed by atoms with Crippen LogP contribution in [-0.4, -0.2) is 27.7 Å². The third kappa shape index (κ3) is 3.96. The first-order chi connectivity index (χ1) is 11.0. The topological polar surface area (TPSA) is 70.1 Å². The van der Waals surface area contributed by atoms with Gasteiger partial charge in [0.2, 0.25) is 5.95 Å². The molecule has 23 heavy (non-hydrogen) atoms. The molecule has 1 saturated carbocycles. The number of aromatic nitrogens is 2. The maximum absolute atomic E-state index is 13.7. The van der Waals surface area contributed by atoms with Crippen LogP contribution in [-0.2, 0) is 0 Å². The molecule has 0 aliphatic heterocycles. The molecule has 0 spiro atoms. The highest BCUT2D eigenvalue weighted by Crippen LogP contribution is 2.40. The Balaban J connectivity index is 1.86. The Labute approximate surface area is 135 Å². The van der Waals surface area contributed by atoms with Crippen molar-refractivity contribution in [2.75, 3.05) is 17.2 Å². The van der Waals surface area contributed by atoms with Crippen LogP contribution in [0.25, 0.3) is 0 Å². The smallest absolute Gasteiger partial charge is 0.225 e. The molecule has 5 nitrogen and oxygen atoms in total. The van der Waals surface area contributed by atoms with Gasteiger partial charge in [0.1, 0.15) is 11.6 Å². The van der Waals surface area contributed by atoms with E-state index in [1.807, 2.05) is 19.1 Å². The van der Waals surface area contributed by atoms with Gasteiger partial charge in [-0.25, -0.2) is 9.37 Å². The van der Waals surface area contributed by atoms with Gasteiger partial charge in [-0.15, -0.1) is 0 Å². The minimum Gasteiger partial charge on any atom is -0.394 e. The highest BCUT2D eigenvalue weighted by Gasteiger charge is 2.26. The van der Waals surface area contributed by atoms with Crippen LogP contribution in [0.3, 0.4) is 0 Å². The summed E-state index contributed by atoms with van der Waals surface area (Å²) in [5.74, 6) is 1.32. The molecule has 0 amide bonds. The molecule has 3 N–H and O–H groups in total. The SMILES string of the molecule is Cc1ccc(Nc2cc(C3CC3)nc(N[C@H](C)CO)n2)cc1F. The first-order valence-corrected chi connectivity index (χ1v) is 7.84. The molecule has 1 heterocycles. The number of aliphatic hydroxyl groups is 1. The lowest BCUT2D eigenvalue weighted by Gasteiger charge is -2.14. The maximum Gasteiger partial charge on any atom is 0.225 e. The molecule has 0 radical (unpaired) electrons. The van der Waals surface area contributed by atoms with Crippen molar-refractivity contribution in [3.63, 3.8) is 0 Å². The zero-order chi connectivity index (χ0) is 16.4. The van der Waals surface area contributed by atoms with Gasteiger partial charge in [0.25, 0.3) is 0 Å². The van der Waals surface area contributed by atoms with Crippen LogP contribution in [0.4, 0.5) is 21.8 Å². The van der Waals surface area contributed by atoms with E-state index in [0.717, 1.165) is 18.5 Å². The summed E-state index contributed by atoms with van der Waals surface area (Å²) in [5.41, 5.74) is 2.23. The van der Waals surface area contributed by atoms with Gasteiger partial charge in [0.05, 0.1) is 12.3 Å². The summed E-state index contributed by atoms with van der Waals surface area (Å²) in [6, 6.07) is 6.78. The molecule has 1 aliphatic carbocycles. The van der Waals surface area contributed by atoms with Crippen molar-refractivity contribution >= 4 is 17.5 Å². The van der Waals surface area contributed by atoms with Gasteiger partial charge in [-0.05, 0) is 44.4 Å². The standard InChI is InChI=1S/C17H21FN4O/c1-10-3-6-13(7-14(10)18)20-16-8-15(12-4-5-12)21-17(22-16)19-11(2)9-23/h3,6-8,11-12,23H,4-5,9H2,1-2H3,(H2,19,20,21,22)/t11-/m1/s1. The number of rotatable bonds is 6. The third-order valence-electron chi connectivity index (χ3n) is 3.84. The molecule has 0 bridgehead atoms. The molecule has 6 heteroatoms. The van der Waals surface area contributed by atoms with Gasteiger partial charge in [0, 0.05) is 23.7 Å². The Hall–Kier alpha value is -2.21. The minimum atomic E-state index is -0.251. The zero-order valence-electron chi connectivity index (χ0n) is 13.3. The lowest BCUT2D eigenvalue weighted by Crippen LogP contribution is -2.21. The summed E-state index contributed by atoms with van der Waals surface area (Å²) in [7, 11) is 0. The third-order valence-corrected chi connectivity index (χ3v) is 3.84. The Bertz CT molecular complexity index is 703. The molecule has 122 valence electrons. The molecule has 1 aromatic heterocycles. The number of aliphatic hydroxyl groups excluding tert-OH is 1. The van der Waals surface area contributed by atoms with Gasteiger partial charge in [-0.3, -0.25) is 0 Å². The second-order valence-electron chi connectivity index (χ2n) is 6.09. The lowest BCUT2D eigenvalue weighted by molar-refractivity contribution is 0.281. The number of anilines is 3. The fourth-order valence-electron chi connectivity index (χ4n) is 2.27. The van der Waals surface area contributed by atoms with E-state index in [0.29, 0.717) is 28.9 Å². The van der Waals surface area contributed by atoms with Crippen molar-refractivity contribution in [1.29, 1.82) is 0 Å². The molecule has 0 unspecified atom stereocenters. The second-order valence-corrected chi connectivity index (χ2v) is 6.09. The number of benzene rings is 1. The summed E-state index contributed by atoms with van der Waals surface area (Å²) < 4.78 is 13.7. The van der Waals surface area contributed by atoms with Crippen LogP contribution in [0.1, 0.15) is 36.9 Å². The Morgan fingerprint density at radius 3 is 2.74 bits per heavy atom. The Kier molecular flexibility index (Phi) is 4.43.